The van der Waals surface area contributed by atoms with Crippen molar-refractivity contribution >= 4 is 28.9 Å². The molecule has 0 bridgehead atoms. The first kappa shape index (κ1) is 18.3. The Balaban J connectivity index is 2.48. The van der Waals surface area contributed by atoms with Crippen molar-refractivity contribution in [1.82, 2.24) is 0 Å². The Morgan fingerprint density at radius 3 is 1.35 bits per heavy atom. The summed E-state index contributed by atoms with van der Waals surface area (Å²) >= 11 is 0. The zero-order valence-corrected chi connectivity index (χ0v) is 15.9. The minimum atomic E-state index is -3.89. The van der Waals surface area contributed by atoms with Gasteiger partial charge < -0.3 is 0 Å². The van der Waals surface area contributed by atoms with E-state index in [1.54, 1.807) is 14.0 Å². The molecule has 134 valence electrons. The van der Waals surface area contributed by atoms with E-state index >= 15 is 0 Å². The summed E-state index contributed by atoms with van der Waals surface area (Å²) in [4.78, 5) is 12.6. The van der Waals surface area contributed by atoms with Crippen LogP contribution >= 0.6 is 7.06 Å². The monoisotopic (exact) mass is 366 g/mol. The Kier molecular flexibility index (Phi) is 5.22. The van der Waals surface area contributed by atoms with Crippen molar-refractivity contribution in [3.05, 3.63) is 91.0 Å². The van der Waals surface area contributed by atoms with Gasteiger partial charge in [0.2, 0.25) is 0 Å². The summed E-state index contributed by atoms with van der Waals surface area (Å²) in [7, 11) is -2.26. The molecule has 0 saturated carbocycles. The normalized spacial score (nSPS) is 12.8. The molecule has 0 saturated heterocycles. The van der Waals surface area contributed by atoms with Gasteiger partial charge in [-0.1, -0.05) is 0 Å². The molecule has 0 aliphatic rings. The summed E-state index contributed by atoms with van der Waals surface area (Å²) in [5, 5.41) is 2.58. The Morgan fingerprint density at radius 2 is 1.08 bits per heavy atom. The van der Waals surface area contributed by atoms with Crippen LogP contribution in [0.5, 0.6) is 0 Å². The van der Waals surface area contributed by atoms with Gasteiger partial charge in [-0.2, -0.15) is 0 Å². The number of benzene rings is 3. The molecule has 4 heteroatoms. The van der Waals surface area contributed by atoms with Crippen molar-refractivity contribution in [2.45, 2.75) is 13.3 Å². The predicted octanol–water partition coefficient (Wildman–Crippen LogP) is 3.95. The fourth-order valence-corrected chi connectivity index (χ4v) is 7.89. The van der Waals surface area contributed by atoms with Gasteiger partial charge in [0.05, 0.1) is 0 Å². The van der Waals surface area contributed by atoms with Gasteiger partial charge in [-0.05, 0) is 0 Å². The van der Waals surface area contributed by atoms with E-state index < -0.39 is 7.06 Å². The SMILES string of the molecule is CCC(=O)OP(OC)(c1ccccc1)(c1ccccc1)c1ccccc1. The van der Waals surface area contributed by atoms with Crippen molar-refractivity contribution in [3.8, 4) is 0 Å². The fraction of sp³-hybridized carbons (Fsp3) is 0.136. The molecule has 0 aromatic heterocycles. The molecule has 0 atom stereocenters. The van der Waals surface area contributed by atoms with Gasteiger partial charge in [0.15, 0.2) is 0 Å². The minimum absolute atomic E-state index is 0.272. The Morgan fingerprint density at radius 1 is 0.731 bits per heavy atom. The van der Waals surface area contributed by atoms with Gasteiger partial charge in [0.1, 0.15) is 0 Å². The van der Waals surface area contributed by atoms with Gasteiger partial charge in [-0.15, -0.1) is 0 Å². The third-order valence-electron chi connectivity index (χ3n) is 4.59. The average molecular weight is 366 g/mol. The zero-order valence-electron chi connectivity index (χ0n) is 15.0. The van der Waals surface area contributed by atoms with Gasteiger partial charge in [-0.25, -0.2) is 0 Å². The number of hydrogen-bond donors (Lipinski definition) is 0. The van der Waals surface area contributed by atoms with E-state index in [0.717, 1.165) is 15.9 Å². The van der Waals surface area contributed by atoms with Gasteiger partial charge >= 0.3 is 154 Å². The third-order valence-corrected chi connectivity index (χ3v) is 9.55. The molecule has 26 heavy (non-hydrogen) atoms. The summed E-state index contributed by atoms with van der Waals surface area (Å²) in [6.07, 6.45) is 0.272. The van der Waals surface area contributed by atoms with Crippen molar-refractivity contribution in [3.63, 3.8) is 0 Å². The van der Waals surface area contributed by atoms with Crippen LogP contribution in [0.15, 0.2) is 91.0 Å². The number of hydrogen-bond acceptors (Lipinski definition) is 3. The molecule has 3 rings (SSSR count). The van der Waals surface area contributed by atoms with Gasteiger partial charge in [-0.3, -0.25) is 0 Å². The molecule has 3 nitrogen and oxygen atoms in total. The van der Waals surface area contributed by atoms with Gasteiger partial charge in [0.25, 0.3) is 0 Å². The Hall–Kier alpha value is -2.48. The van der Waals surface area contributed by atoms with Gasteiger partial charge in [0, 0.05) is 0 Å². The molecule has 0 radical (unpaired) electrons. The molecule has 0 aliphatic carbocycles. The van der Waals surface area contributed by atoms with E-state index in [9.17, 15) is 4.79 Å². The first-order chi connectivity index (χ1) is 12.7. The molecule has 0 aliphatic heterocycles. The van der Waals surface area contributed by atoms with Crippen molar-refractivity contribution in [2.24, 2.45) is 0 Å². The standard InChI is InChI=1S/C22H23O3P/c1-3-22(23)25-26(24-2,19-13-7-4-8-14-19,20-15-9-5-10-16-20)21-17-11-6-12-18-21/h4-18H,3H2,1-2H3. The number of carbonyl (C=O) groups is 1. The van der Waals surface area contributed by atoms with Crippen LogP contribution in [0.4, 0.5) is 0 Å². The van der Waals surface area contributed by atoms with Crippen molar-refractivity contribution in [1.29, 1.82) is 0 Å². The van der Waals surface area contributed by atoms with Crippen LogP contribution < -0.4 is 15.9 Å². The molecule has 0 unspecified atom stereocenters. The van der Waals surface area contributed by atoms with E-state index in [0.29, 0.717) is 0 Å². The molecular weight excluding hydrogens is 343 g/mol. The maximum atomic E-state index is 12.6. The molecule has 0 N–H and O–H groups in total. The summed E-state index contributed by atoms with van der Waals surface area (Å²) in [5.41, 5.74) is 0. The summed E-state index contributed by atoms with van der Waals surface area (Å²) < 4.78 is 12.7. The number of rotatable bonds is 6. The van der Waals surface area contributed by atoms with E-state index in [4.69, 9.17) is 9.05 Å². The second-order valence-electron chi connectivity index (χ2n) is 5.96. The molecule has 3 aromatic carbocycles. The van der Waals surface area contributed by atoms with Crippen LogP contribution in [-0.2, 0) is 13.8 Å². The second kappa shape index (κ2) is 7.41. The number of carbonyl (C=O) groups excluding carboxylic acids is 1. The van der Waals surface area contributed by atoms with Crippen LogP contribution in [0, 0.1) is 0 Å². The Bertz CT molecular complexity index is 764. The molecule has 0 fully saturated rings. The Labute approximate surface area is 154 Å². The summed E-state index contributed by atoms with van der Waals surface area (Å²) in [6, 6.07) is 29.4. The third kappa shape index (κ3) is 2.74. The van der Waals surface area contributed by atoms with Crippen LogP contribution in [0.25, 0.3) is 0 Å². The molecule has 0 heterocycles. The van der Waals surface area contributed by atoms with E-state index in [1.807, 2.05) is 91.0 Å². The van der Waals surface area contributed by atoms with Crippen LogP contribution in [-0.4, -0.2) is 13.1 Å². The maximum absolute atomic E-state index is 12.6. The second-order valence-corrected chi connectivity index (χ2v) is 9.98. The summed E-state index contributed by atoms with van der Waals surface area (Å²) in [5.74, 6) is -0.291. The average Bonchev–Trinajstić information content (AvgIpc) is 2.74. The predicted molar refractivity (Wildman–Crippen MR) is 109 cm³/mol. The van der Waals surface area contributed by atoms with Crippen LogP contribution in [0.1, 0.15) is 13.3 Å². The van der Waals surface area contributed by atoms with E-state index in [-0.39, 0.29) is 12.4 Å². The van der Waals surface area contributed by atoms with E-state index in [1.165, 1.54) is 0 Å². The van der Waals surface area contributed by atoms with Crippen LogP contribution in [0.3, 0.4) is 0 Å². The topological polar surface area (TPSA) is 35.5 Å². The fourth-order valence-electron chi connectivity index (χ4n) is 3.31. The molecule has 0 spiro atoms. The molecule has 0 amide bonds. The quantitative estimate of drug-likeness (QED) is 0.620. The summed E-state index contributed by atoms with van der Waals surface area (Å²) in [6.45, 7) is 1.80. The zero-order chi connectivity index (χ0) is 18.5. The van der Waals surface area contributed by atoms with Crippen molar-refractivity contribution in [2.75, 3.05) is 7.11 Å². The van der Waals surface area contributed by atoms with E-state index in [2.05, 4.69) is 0 Å². The van der Waals surface area contributed by atoms with Crippen LogP contribution in [0.2, 0.25) is 0 Å². The first-order valence-corrected chi connectivity index (χ1v) is 10.7. The molecule has 3 aromatic rings. The first-order valence-electron chi connectivity index (χ1n) is 8.65. The van der Waals surface area contributed by atoms with Crippen molar-refractivity contribution < 1.29 is 13.8 Å². The molecular formula is C22H23O3P.